The molecule has 0 bridgehead atoms. The van der Waals surface area contributed by atoms with Crippen LogP contribution in [0, 0.1) is 12.7 Å². The van der Waals surface area contributed by atoms with Crippen molar-refractivity contribution in [1.29, 1.82) is 0 Å². The summed E-state index contributed by atoms with van der Waals surface area (Å²) in [6.07, 6.45) is 0. The third-order valence-corrected chi connectivity index (χ3v) is 5.82. The monoisotopic (exact) mass is 407 g/mol. The molecule has 4 rings (SSSR count). The summed E-state index contributed by atoms with van der Waals surface area (Å²) >= 11 is 1.70. The molecule has 0 amide bonds. The minimum Gasteiger partial charge on any atom is -0.362 e. The number of fused-ring (bicyclic) bond motifs is 1. The van der Waals surface area contributed by atoms with E-state index in [-0.39, 0.29) is 11.9 Å². The van der Waals surface area contributed by atoms with E-state index in [0.29, 0.717) is 18.1 Å². The predicted octanol–water partition coefficient (Wildman–Crippen LogP) is 5.51. The van der Waals surface area contributed by atoms with Crippen molar-refractivity contribution in [1.82, 2.24) is 9.97 Å². The topological polar surface area (TPSA) is 75.9 Å². The van der Waals surface area contributed by atoms with Crippen molar-refractivity contribution in [3.63, 3.8) is 0 Å². The number of thiophene rings is 1. The zero-order chi connectivity index (χ0) is 20.4. The summed E-state index contributed by atoms with van der Waals surface area (Å²) in [5.41, 5.74) is 8.97. The third-order valence-electron chi connectivity index (χ3n) is 4.77. The van der Waals surface area contributed by atoms with Gasteiger partial charge in [-0.2, -0.15) is 4.98 Å². The number of hydrogen-bond donors (Lipinski definition) is 3. The second kappa shape index (κ2) is 8.14. The van der Waals surface area contributed by atoms with Gasteiger partial charge in [-0.25, -0.2) is 9.37 Å². The number of nitrogens with zero attached hydrogens (tertiary/aromatic N) is 2. The number of rotatable bonds is 6. The van der Waals surface area contributed by atoms with E-state index in [1.807, 2.05) is 24.3 Å². The molecule has 5 nitrogen and oxygen atoms in total. The Hall–Kier alpha value is -3.03. The summed E-state index contributed by atoms with van der Waals surface area (Å²) in [5, 5.41) is 9.67. The van der Waals surface area contributed by atoms with Crippen molar-refractivity contribution in [3.8, 4) is 0 Å². The second-order valence-corrected chi connectivity index (χ2v) is 7.86. The zero-order valence-corrected chi connectivity index (χ0v) is 17.1. The summed E-state index contributed by atoms with van der Waals surface area (Å²) in [7, 11) is 0. The van der Waals surface area contributed by atoms with Crippen LogP contribution >= 0.6 is 11.3 Å². The van der Waals surface area contributed by atoms with Crippen LogP contribution in [-0.4, -0.2) is 9.97 Å². The number of anilines is 3. The van der Waals surface area contributed by atoms with E-state index in [4.69, 9.17) is 15.7 Å². The Morgan fingerprint density at radius 1 is 1.14 bits per heavy atom. The average Bonchev–Trinajstić information content (AvgIpc) is 3.25. The molecule has 148 valence electrons. The summed E-state index contributed by atoms with van der Waals surface area (Å²) in [5.74, 6) is 0.922. The first-order valence-electron chi connectivity index (χ1n) is 9.38. The summed E-state index contributed by atoms with van der Waals surface area (Å²) in [4.78, 5) is 10.6. The second-order valence-electron chi connectivity index (χ2n) is 6.88. The van der Waals surface area contributed by atoms with Crippen LogP contribution in [0.25, 0.3) is 10.9 Å². The molecule has 29 heavy (non-hydrogen) atoms. The molecular formula is C22H22FN5S. The molecule has 0 saturated heterocycles. The molecule has 0 aliphatic carbocycles. The van der Waals surface area contributed by atoms with Crippen molar-refractivity contribution < 1.29 is 4.39 Å². The number of nitrogens with one attached hydrogen (secondary N) is 2. The van der Waals surface area contributed by atoms with Gasteiger partial charge in [0.2, 0.25) is 5.95 Å². The molecule has 4 aromatic rings. The molecule has 2 heterocycles. The normalized spacial score (nSPS) is 12.1. The largest absolute Gasteiger partial charge is 0.362 e. The molecule has 0 radical (unpaired) electrons. The van der Waals surface area contributed by atoms with Gasteiger partial charge in [0.15, 0.2) is 0 Å². The number of benzene rings is 2. The van der Waals surface area contributed by atoms with E-state index in [1.54, 1.807) is 30.4 Å². The van der Waals surface area contributed by atoms with Crippen molar-refractivity contribution >= 4 is 39.7 Å². The van der Waals surface area contributed by atoms with E-state index in [0.717, 1.165) is 28.0 Å². The highest BCUT2D eigenvalue weighted by Crippen LogP contribution is 2.30. The summed E-state index contributed by atoms with van der Waals surface area (Å²) in [6.45, 7) is 4.20. The molecule has 0 aliphatic heterocycles. The molecule has 1 atom stereocenters. The number of hydrogen-bond acceptors (Lipinski definition) is 6. The fourth-order valence-corrected chi connectivity index (χ4v) is 3.94. The lowest BCUT2D eigenvalue weighted by molar-refractivity contribution is 0.619. The Balaban J connectivity index is 1.77. The SMILES string of the molecule is Cc1cc(Nc2nc(N[C@H](C)c3cccs3)c3cccc(CN)c3n2)ccc1F. The van der Waals surface area contributed by atoms with Crippen LogP contribution in [0.1, 0.15) is 29.0 Å². The van der Waals surface area contributed by atoms with E-state index in [9.17, 15) is 4.39 Å². The van der Waals surface area contributed by atoms with E-state index < -0.39 is 0 Å². The van der Waals surface area contributed by atoms with Gasteiger partial charge in [-0.05, 0) is 60.7 Å². The van der Waals surface area contributed by atoms with Gasteiger partial charge < -0.3 is 16.4 Å². The summed E-state index contributed by atoms with van der Waals surface area (Å²) in [6, 6.07) is 15.0. The third kappa shape index (κ3) is 4.06. The van der Waals surface area contributed by atoms with Gasteiger partial charge in [0.25, 0.3) is 0 Å². The van der Waals surface area contributed by atoms with E-state index in [1.165, 1.54) is 10.9 Å². The molecule has 7 heteroatoms. The highest BCUT2D eigenvalue weighted by atomic mass is 32.1. The number of halogens is 1. The first-order valence-corrected chi connectivity index (χ1v) is 10.3. The molecule has 0 aliphatic rings. The standard InChI is InChI=1S/C22H22FN5S/c1-13-11-16(8-9-18(13)23)26-22-27-20-15(12-24)5-3-6-17(20)21(28-22)25-14(2)19-7-4-10-29-19/h3-11,14H,12,24H2,1-2H3,(H2,25,26,27,28)/t14-/m1/s1. The maximum Gasteiger partial charge on any atom is 0.229 e. The maximum atomic E-state index is 13.6. The number of nitrogens with two attached hydrogens (primary N) is 1. The lowest BCUT2D eigenvalue weighted by Gasteiger charge is -2.17. The van der Waals surface area contributed by atoms with Gasteiger partial charge in [0.1, 0.15) is 11.6 Å². The average molecular weight is 408 g/mol. The van der Waals surface area contributed by atoms with Gasteiger partial charge in [-0.3, -0.25) is 0 Å². The Morgan fingerprint density at radius 3 is 2.72 bits per heavy atom. The van der Waals surface area contributed by atoms with Crippen LogP contribution in [0.3, 0.4) is 0 Å². The fourth-order valence-electron chi connectivity index (χ4n) is 3.21. The highest BCUT2D eigenvalue weighted by Gasteiger charge is 2.14. The van der Waals surface area contributed by atoms with Crippen LogP contribution in [-0.2, 0) is 6.54 Å². The minimum absolute atomic E-state index is 0.0931. The van der Waals surface area contributed by atoms with Crippen LogP contribution in [0.2, 0.25) is 0 Å². The molecule has 2 aromatic heterocycles. The quantitative estimate of drug-likeness (QED) is 0.393. The van der Waals surface area contributed by atoms with Gasteiger partial charge in [-0.1, -0.05) is 18.2 Å². The molecule has 0 saturated carbocycles. The molecule has 0 fully saturated rings. The van der Waals surface area contributed by atoms with Crippen LogP contribution in [0.5, 0.6) is 0 Å². The van der Waals surface area contributed by atoms with Crippen LogP contribution < -0.4 is 16.4 Å². The van der Waals surface area contributed by atoms with Gasteiger partial charge >= 0.3 is 0 Å². The molecule has 0 spiro atoms. The zero-order valence-electron chi connectivity index (χ0n) is 16.2. The lowest BCUT2D eigenvalue weighted by atomic mass is 10.1. The van der Waals surface area contributed by atoms with Gasteiger partial charge in [0.05, 0.1) is 11.6 Å². The fraction of sp³-hybridized carbons (Fsp3) is 0.182. The first-order chi connectivity index (χ1) is 14.0. The molecule has 2 aromatic carbocycles. The Bertz CT molecular complexity index is 1140. The number of para-hydroxylation sites is 1. The number of aryl methyl sites for hydroxylation is 1. The van der Waals surface area contributed by atoms with Crippen molar-refractivity contribution in [2.24, 2.45) is 5.73 Å². The minimum atomic E-state index is -0.243. The Morgan fingerprint density at radius 2 is 2.00 bits per heavy atom. The maximum absolute atomic E-state index is 13.6. The smallest absolute Gasteiger partial charge is 0.229 e. The van der Waals surface area contributed by atoms with Crippen LogP contribution in [0.4, 0.5) is 21.8 Å². The van der Waals surface area contributed by atoms with E-state index in [2.05, 4.69) is 29.0 Å². The first kappa shape index (κ1) is 19.3. The van der Waals surface area contributed by atoms with Gasteiger partial charge in [0, 0.05) is 22.5 Å². The Labute approximate surface area is 172 Å². The lowest BCUT2D eigenvalue weighted by Crippen LogP contribution is -2.10. The van der Waals surface area contributed by atoms with Crippen LogP contribution in [0.15, 0.2) is 53.9 Å². The highest BCUT2D eigenvalue weighted by molar-refractivity contribution is 7.10. The van der Waals surface area contributed by atoms with Gasteiger partial charge in [-0.15, -0.1) is 11.3 Å². The van der Waals surface area contributed by atoms with Crippen molar-refractivity contribution in [3.05, 3.63) is 75.7 Å². The number of aromatic nitrogens is 2. The predicted molar refractivity (Wildman–Crippen MR) is 118 cm³/mol. The Kier molecular flexibility index (Phi) is 5.42. The molecule has 4 N–H and O–H groups in total. The van der Waals surface area contributed by atoms with Crippen molar-refractivity contribution in [2.75, 3.05) is 10.6 Å². The van der Waals surface area contributed by atoms with Crippen molar-refractivity contribution in [2.45, 2.75) is 26.4 Å². The van der Waals surface area contributed by atoms with E-state index >= 15 is 0 Å². The molecular weight excluding hydrogens is 385 g/mol. The summed E-state index contributed by atoms with van der Waals surface area (Å²) < 4.78 is 13.6. The molecule has 0 unspecified atom stereocenters.